The number of ether oxygens (including phenoxy) is 1. The van der Waals surface area contributed by atoms with Crippen LogP contribution in [0.2, 0.25) is 0 Å². The van der Waals surface area contributed by atoms with E-state index in [-0.39, 0.29) is 45.6 Å². The van der Waals surface area contributed by atoms with E-state index < -0.39 is 28.5 Å². The van der Waals surface area contributed by atoms with Gasteiger partial charge in [-0.1, -0.05) is 0 Å². The van der Waals surface area contributed by atoms with E-state index in [2.05, 4.69) is 5.32 Å². The number of hydrogen-bond acceptors (Lipinski definition) is 8. The molecule has 1 aliphatic heterocycles. The predicted molar refractivity (Wildman–Crippen MR) is 123 cm³/mol. The Morgan fingerprint density at radius 3 is 2.53 bits per heavy atom. The molecule has 0 radical (unpaired) electrons. The normalized spacial score (nSPS) is 21.4. The SMILES string of the molecule is CC(=O)c1c(O)c(C)c(O)c2c1OC1=CC(=O)/C(=C(/C)N[C@@H](C)CCc3ccco3)C(=O)[C@@]12C. The number of rotatable bonds is 6. The molecule has 1 aromatic heterocycles. The van der Waals surface area contributed by atoms with Crippen LogP contribution in [0, 0.1) is 6.92 Å². The Hall–Kier alpha value is -3.81. The topological polar surface area (TPSA) is 126 Å². The third kappa shape index (κ3) is 3.41. The molecule has 34 heavy (non-hydrogen) atoms. The lowest BCUT2D eigenvalue weighted by Crippen LogP contribution is -2.41. The van der Waals surface area contributed by atoms with Gasteiger partial charge < -0.3 is 24.7 Å². The summed E-state index contributed by atoms with van der Waals surface area (Å²) in [6.07, 6.45) is 4.23. The highest BCUT2D eigenvalue weighted by Gasteiger charge is 2.56. The minimum atomic E-state index is -1.52. The monoisotopic (exact) mass is 465 g/mol. The van der Waals surface area contributed by atoms with Crippen molar-refractivity contribution in [3.05, 3.63) is 64.0 Å². The third-order valence-electron chi connectivity index (χ3n) is 6.63. The van der Waals surface area contributed by atoms with Crippen LogP contribution < -0.4 is 10.1 Å². The highest BCUT2D eigenvalue weighted by Crippen LogP contribution is 2.57. The summed E-state index contributed by atoms with van der Waals surface area (Å²) >= 11 is 0. The third-order valence-corrected chi connectivity index (χ3v) is 6.63. The zero-order chi connectivity index (χ0) is 24.9. The van der Waals surface area contributed by atoms with Crippen LogP contribution in [0.3, 0.4) is 0 Å². The zero-order valence-corrected chi connectivity index (χ0v) is 19.7. The van der Waals surface area contributed by atoms with Gasteiger partial charge in [0.25, 0.3) is 0 Å². The van der Waals surface area contributed by atoms with Crippen molar-refractivity contribution in [2.75, 3.05) is 0 Å². The molecule has 0 saturated carbocycles. The highest BCUT2D eigenvalue weighted by atomic mass is 16.5. The number of carbonyl (C=O) groups excluding carboxylic acids is 3. The molecular weight excluding hydrogens is 438 g/mol. The summed E-state index contributed by atoms with van der Waals surface area (Å²) in [5, 5.41) is 24.5. The Morgan fingerprint density at radius 1 is 1.21 bits per heavy atom. The number of allylic oxidation sites excluding steroid dienone is 4. The van der Waals surface area contributed by atoms with Crippen molar-refractivity contribution in [2.24, 2.45) is 0 Å². The van der Waals surface area contributed by atoms with Crippen LogP contribution in [0.15, 0.2) is 45.9 Å². The largest absolute Gasteiger partial charge is 0.507 e. The second-order valence-corrected chi connectivity index (χ2v) is 9.05. The van der Waals surface area contributed by atoms with Gasteiger partial charge in [0, 0.05) is 29.8 Å². The van der Waals surface area contributed by atoms with Gasteiger partial charge in [0.05, 0.1) is 17.4 Å². The van der Waals surface area contributed by atoms with Gasteiger partial charge >= 0.3 is 0 Å². The van der Waals surface area contributed by atoms with Crippen LogP contribution in [-0.2, 0) is 21.4 Å². The summed E-state index contributed by atoms with van der Waals surface area (Å²) in [4.78, 5) is 39.0. The molecule has 2 atom stereocenters. The van der Waals surface area contributed by atoms with Crippen LogP contribution in [-0.4, -0.2) is 33.6 Å². The fraction of sp³-hybridized carbons (Fsp3) is 0.346. The van der Waals surface area contributed by atoms with Gasteiger partial charge in [0.2, 0.25) is 0 Å². The number of aromatic hydroxyl groups is 2. The van der Waals surface area contributed by atoms with Crippen molar-refractivity contribution in [2.45, 2.75) is 58.9 Å². The number of hydrogen-bond donors (Lipinski definition) is 3. The number of ketones is 3. The van der Waals surface area contributed by atoms with Gasteiger partial charge in [-0.3, -0.25) is 14.4 Å². The molecule has 178 valence electrons. The molecule has 0 bridgehead atoms. The average molecular weight is 466 g/mol. The lowest BCUT2D eigenvalue weighted by atomic mass is 9.70. The van der Waals surface area contributed by atoms with Crippen LogP contribution in [0.25, 0.3) is 0 Å². The van der Waals surface area contributed by atoms with Crippen LogP contribution in [0.4, 0.5) is 0 Å². The Labute approximate surface area is 196 Å². The maximum atomic E-state index is 13.8. The summed E-state index contributed by atoms with van der Waals surface area (Å²) in [6, 6.07) is 3.65. The molecule has 8 heteroatoms. The molecule has 1 aliphatic carbocycles. The van der Waals surface area contributed by atoms with Gasteiger partial charge in [-0.05, 0) is 53.2 Å². The standard InChI is InChI=1S/C26H27NO7/c1-12(8-9-16-7-6-10-33-16)27-14(3)19-17(29)11-18-26(5,25(19)32)21-23(31)13(2)22(30)20(15(4)28)24(21)34-18/h6-7,10-12,27,30-31H,8-9H2,1-5H3/b19-14+/t12-,26-/m0/s1. The van der Waals surface area contributed by atoms with Gasteiger partial charge in [0.15, 0.2) is 17.3 Å². The van der Waals surface area contributed by atoms with Gasteiger partial charge in [-0.25, -0.2) is 0 Å². The highest BCUT2D eigenvalue weighted by molar-refractivity contribution is 6.31. The molecule has 0 spiro atoms. The van der Waals surface area contributed by atoms with Gasteiger partial charge in [0.1, 0.15) is 39.7 Å². The number of aryl methyl sites for hydroxylation is 1. The van der Waals surface area contributed by atoms with Crippen molar-refractivity contribution in [1.29, 1.82) is 0 Å². The lowest BCUT2D eigenvalue weighted by molar-refractivity contribution is -0.123. The van der Waals surface area contributed by atoms with Crippen molar-refractivity contribution in [3.8, 4) is 17.2 Å². The van der Waals surface area contributed by atoms with E-state index in [1.807, 2.05) is 19.1 Å². The Kier molecular flexibility index (Phi) is 5.63. The first-order valence-corrected chi connectivity index (χ1v) is 11.1. The van der Waals surface area contributed by atoms with Crippen molar-refractivity contribution in [3.63, 3.8) is 0 Å². The molecule has 0 fully saturated rings. The van der Waals surface area contributed by atoms with E-state index in [1.54, 1.807) is 20.1 Å². The van der Waals surface area contributed by atoms with E-state index in [1.165, 1.54) is 19.9 Å². The molecule has 8 nitrogen and oxygen atoms in total. The molecule has 2 heterocycles. The fourth-order valence-corrected chi connectivity index (χ4v) is 4.69. The van der Waals surface area contributed by atoms with E-state index in [0.717, 1.165) is 5.76 Å². The maximum Gasteiger partial charge on any atom is 0.194 e. The van der Waals surface area contributed by atoms with E-state index >= 15 is 0 Å². The van der Waals surface area contributed by atoms with Crippen LogP contribution >= 0.6 is 0 Å². The second kappa shape index (κ2) is 8.20. The number of furan rings is 1. The molecular formula is C26H27NO7. The smallest absolute Gasteiger partial charge is 0.194 e. The Bertz CT molecular complexity index is 1280. The summed E-state index contributed by atoms with van der Waals surface area (Å²) in [7, 11) is 0. The number of phenolic OH excluding ortho intramolecular Hbond substituents is 2. The van der Waals surface area contributed by atoms with Crippen LogP contribution in [0.5, 0.6) is 17.2 Å². The zero-order valence-electron chi connectivity index (χ0n) is 19.7. The van der Waals surface area contributed by atoms with Crippen molar-refractivity contribution >= 4 is 17.3 Å². The van der Waals surface area contributed by atoms with E-state index in [0.29, 0.717) is 18.5 Å². The minimum Gasteiger partial charge on any atom is -0.507 e. The average Bonchev–Trinajstić information content (AvgIpc) is 3.37. The van der Waals surface area contributed by atoms with Gasteiger partial charge in [-0.2, -0.15) is 0 Å². The lowest BCUT2D eigenvalue weighted by Gasteiger charge is -2.29. The second-order valence-electron chi connectivity index (χ2n) is 9.05. The predicted octanol–water partition coefficient (Wildman–Crippen LogP) is 3.77. The summed E-state index contributed by atoms with van der Waals surface area (Å²) in [5.74, 6) is -1.56. The maximum absolute atomic E-state index is 13.8. The first kappa shape index (κ1) is 23.4. The van der Waals surface area contributed by atoms with Crippen molar-refractivity contribution in [1.82, 2.24) is 5.32 Å². The minimum absolute atomic E-state index is 0.0164. The molecule has 0 amide bonds. The Balaban J connectivity index is 1.74. The molecule has 2 aromatic rings. The first-order chi connectivity index (χ1) is 16.0. The van der Waals surface area contributed by atoms with Crippen LogP contribution in [0.1, 0.15) is 61.4 Å². The summed E-state index contributed by atoms with van der Waals surface area (Å²) < 4.78 is 11.1. The quantitative estimate of drug-likeness (QED) is 0.334. The molecule has 4 rings (SSSR count). The fourth-order valence-electron chi connectivity index (χ4n) is 4.69. The Morgan fingerprint density at radius 2 is 1.91 bits per heavy atom. The number of carbonyl (C=O) groups is 3. The molecule has 2 aliphatic rings. The molecule has 0 saturated heterocycles. The van der Waals surface area contributed by atoms with E-state index in [4.69, 9.17) is 9.15 Å². The number of phenols is 2. The number of fused-ring (bicyclic) bond motifs is 3. The molecule has 1 aromatic carbocycles. The number of Topliss-reactive ketones (excluding diaryl/α,β-unsaturated/α-hetero) is 2. The number of benzene rings is 1. The summed E-state index contributed by atoms with van der Waals surface area (Å²) in [5.41, 5.74) is -1.14. The summed E-state index contributed by atoms with van der Waals surface area (Å²) in [6.45, 7) is 7.86. The molecule has 0 unspecified atom stereocenters. The van der Waals surface area contributed by atoms with Crippen molar-refractivity contribution < 1.29 is 33.8 Å². The molecule has 3 N–H and O–H groups in total. The number of nitrogens with one attached hydrogen (secondary N) is 1. The first-order valence-electron chi connectivity index (χ1n) is 11.1. The van der Waals surface area contributed by atoms with E-state index in [9.17, 15) is 24.6 Å². The van der Waals surface area contributed by atoms with Gasteiger partial charge in [-0.15, -0.1) is 0 Å².